The summed E-state index contributed by atoms with van der Waals surface area (Å²) in [5.74, 6) is 1.34. The van der Waals surface area contributed by atoms with E-state index in [4.69, 9.17) is 4.74 Å². The first-order valence-corrected chi connectivity index (χ1v) is 6.91. The fourth-order valence-corrected chi connectivity index (χ4v) is 1.73. The van der Waals surface area contributed by atoms with Gasteiger partial charge in [0.05, 0.1) is 12.2 Å². The van der Waals surface area contributed by atoms with E-state index in [-0.39, 0.29) is 5.91 Å². The van der Waals surface area contributed by atoms with E-state index in [1.54, 1.807) is 25.4 Å². The minimum atomic E-state index is -0.188. The van der Waals surface area contributed by atoms with Crippen LogP contribution in [0.4, 0.5) is 11.5 Å². The molecule has 0 saturated heterocycles. The van der Waals surface area contributed by atoms with E-state index in [2.05, 4.69) is 22.5 Å². The van der Waals surface area contributed by atoms with Gasteiger partial charge in [-0.3, -0.25) is 4.79 Å². The highest BCUT2D eigenvalue weighted by molar-refractivity contribution is 6.04. The zero-order valence-electron chi connectivity index (χ0n) is 12.2. The highest BCUT2D eigenvalue weighted by atomic mass is 16.5. The van der Waals surface area contributed by atoms with E-state index < -0.39 is 0 Å². The molecule has 2 N–H and O–H groups in total. The second-order valence-corrected chi connectivity index (χ2v) is 4.51. The molecule has 1 amide bonds. The van der Waals surface area contributed by atoms with Gasteiger partial charge in [0.25, 0.3) is 5.91 Å². The Hall–Kier alpha value is -2.56. The van der Waals surface area contributed by atoms with Crippen LogP contribution in [0.1, 0.15) is 23.7 Å². The minimum absolute atomic E-state index is 0.188. The third-order valence-electron chi connectivity index (χ3n) is 2.87. The summed E-state index contributed by atoms with van der Waals surface area (Å²) in [6, 6.07) is 10.8. The van der Waals surface area contributed by atoms with Gasteiger partial charge in [-0.15, -0.1) is 0 Å². The molecule has 0 unspecified atom stereocenters. The van der Waals surface area contributed by atoms with Crippen molar-refractivity contribution in [2.24, 2.45) is 0 Å². The molecular weight excluding hydrogens is 266 g/mol. The van der Waals surface area contributed by atoms with Gasteiger partial charge in [0, 0.05) is 18.9 Å². The quantitative estimate of drug-likeness (QED) is 0.855. The zero-order chi connectivity index (χ0) is 15.1. The number of hydrogen-bond donors (Lipinski definition) is 2. The van der Waals surface area contributed by atoms with E-state index in [1.807, 2.05) is 24.3 Å². The average molecular weight is 285 g/mol. The van der Waals surface area contributed by atoms with Crippen LogP contribution in [-0.2, 0) is 0 Å². The first-order valence-electron chi connectivity index (χ1n) is 6.91. The largest absolute Gasteiger partial charge is 0.494 e. The van der Waals surface area contributed by atoms with Gasteiger partial charge in [0.1, 0.15) is 11.6 Å². The molecule has 0 radical (unpaired) electrons. The van der Waals surface area contributed by atoms with Gasteiger partial charge in [-0.25, -0.2) is 4.98 Å². The fourth-order valence-electron chi connectivity index (χ4n) is 1.73. The summed E-state index contributed by atoms with van der Waals surface area (Å²) in [5.41, 5.74) is 1.24. The number of hydrogen-bond acceptors (Lipinski definition) is 4. The van der Waals surface area contributed by atoms with Crippen LogP contribution in [0.15, 0.2) is 42.6 Å². The number of nitrogens with one attached hydrogen (secondary N) is 2. The molecule has 0 aliphatic carbocycles. The highest BCUT2D eigenvalue weighted by Crippen LogP contribution is 2.16. The monoisotopic (exact) mass is 285 g/mol. The number of pyridine rings is 1. The number of amides is 1. The van der Waals surface area contributed by atoms with E-state index in [0.717, 1.165) is 23.7 Å². The van der Waals surface area contributed by atoms with Crippen molar-refractivity contribution in [1.29, 1.82) is 0 Å². The summed E-state index contributed by atoms with van der Waals surface area (Å²) in [6.45, 7) is 2.75. The van der Waals surface area contributed by atoms with Crippen molar-refractivity contribution in [3.63, 3.8) is 0 Å². The Bertz CT molecular complexity index is 579. The van der Waals surface area contributed by atoms with Crippen LogP contribution in [0.25, 0.3) is 0 Å². The van der Waals surface area contributed by atoms with Gasteiger partial charge in [0.2, 0.25) is 0 Å². The molecule has 0 bridgehead atoms. The van der Waals surface area contributed by atoms with Gasteiger partial charge in [-0.2, -0.15) is 0 Å². The number of benzene rings is 1. The second kappa shape index (κ2) is 7.28. The topological polar surface area (TPSA) is 63.2 Å². The lowest BCUT2D eigenvalue weighted by atomic mass is 10.2. The summed E-state index contributed by atoms with van der Waals surface area (Å²) >= 11 is 0. The highest BCUT2D eigenvalue weighted by Gasteiger charge is 2.06. The fraction of sp³-hybridized carbons (Fsp3) is 0.250. The first-order chi connectivity index (χ1) is 10.2. The lowest BCUT2D eigenvalue weighted by Gasteiger charge is -2.08. The number of ether oxygens (including phenoxy) is 1. The molecule has 1 aromatic carbocycles. The second-order valence-electron chi connectivity index (χ2n) is 4.51. The van der Waals surface area contributed by atoms with Crippen LogP contribution in [-0.4, -0.2) is 24.5 Å². The number of carbonyl (C=O) groups excluding carboxylic acids is 1. The maximum atomic E-state index is 12.1. The molecule has 2 rings (SSSR count). The molecular formula is C16H19N3O2. The van der Waals surface area contributed by atoms with Gasteiger partial charge in [-0.1, -0.05) is 6.92 Å². The maximum Gasteiger partial charge on any atom is 0.257 e. The molecule has 0 spiro atoms. The molecule has 5 nitrogen and oxygen atoms in total. The van der Waals surface area contributed by atoms with E-state index in [0.29, 0.717) is 12.2 Å². The van der Waals surface area contributed by atoms with Crippen LogP contribution in [0, 0.1) is 0 Å². The van der Waals surface area contributed by atoms with E-state index in [1.165, 1.54) is 0 Å². The summed E-state index contributed by atoms with van der Waals surface area (Å²) in [7, 11) is 1.78. The third kappa shape index (κ3) is 4.21. The van der Waals surface area contributed by atoms with Crippen molar-refractivity contribution in [3.05, 3.63) is 48.2 Å². The van der Waals surface area contributed by atoms with E-state index in [9.17, 15) is 4.79 Å². The Morgan fingerprint density at radius 2 is 1.95 bits per heavy atom. The lowest BCUT2D eigenvalue weighted by Crippen LogP contribution is -2.12. The van der Waals surface area contributed by atoms with Gasteiger partial charge >= 0.3 is 0 Å². The zero-order valence-corrected chi connectivity index (χ0v) is 12.2. The van der Waals surface area contributed by atoms with Crippen molar-refractivity contribution >= 4 is 17.4 Å². The van der Waals surface area contributed by atoms with Crippen LogP contribution in [0.5, 0.6) is 5.75 Å². The van der Waals surface area contributed by atoms with Gasteiger partial charge < -0.3 is 15.4 Å². The van der Waals surface area contributed by atoms with Crippen LogP contribution < -0.4 is 15.4 Å². The maximum absolute atomic E-state index is 12.1. The Morgan fingerprint density at radius 1 is 1.19 bits per heavy atom. The predicted octanol–water partition coefficient (Wildman–Crippen LogP) is 3.16. The molecule has 0 saturated carbocycles. The van der Waals surface area contributed by atoms with Crippen LogP contribution >= 0.6 is 0 Å². The molecule has 0 aliphatic rings. The average Bonchev–Trinajstić information content (AvgIpc) is 2.54. The molecule has 1 heterocycles. The van der Waals surface area contributed by atoms with E-state index >= 15 is 0 Å². The first kappa shape index (κ1) is 14.8. The number of carbonyl (C=O) groups is 1. The number of rotatable bonds is 6. The van der Waals surface area contributed by atoms with Gasteiger partial charge in [-0.05, 0) is 42.8 Å². The van der Waals surface area contributed by atoms with Crippen LogP contribution in [0.2, 0.25) is 0 Å². The summed E-state index contributed by atoms with van der Waals surface area (Å²) in [6.07, 6.45) is 2.51. The molecule has 0 atom stereocenters. The van der Waals surface area contributed by atoms with Crippen molar-refractivity contribution in [1.82, 2.24) is 4.98 Å². The lowest BCUT2D eigenvalue weighted by molar-refractivity contribution is 0.102. The summed E-state index contributed by atoms with van der Waals surface area (Å²) < 4.78 is 5.50. The molecule has 110 valence electrons. The molecule has 21 heavy (non-hydrogen) atoms. The van der Waals surface area contributed by atoms with Crippen LogP contribution in [0.3, 0.4) is 0 Å². The number of aromatic nitrogens is 1. The van der Waals surface area contributed by atoms with Gasteiger partial charge in [0.15, 0.2) is 0 Å². The Kier molecular flexibility index (Phi) is 5.15. The van der Waals surface area contributed by atoms with Crippen molar-refractivity contribution in [2.75, 3.05) is 24.3 Å². The smallest absolute Gasteiger partial charge is 0.257 e. The molecule has 0 aliphatic heterocycles. The minimum Gasteiger partial charge on any atom is -0.494 e. The van der Waals surface area contributed by atoms with Crippen molar-refractivity contribution in [3.8, 4) is 5.75 Å². The summed E-state index contributed by atoms with van der Waals surface area (Å²) in [4.78, 5) is 16.2. The number of nitrogens with zero attached hydrogens (tertiary/aromatic N) is 1. The molecule has 5 heteroatoms. The summed E-state index contributed by atoms with van der Waals surface area (Å²) in [5, 5.41) is 5.73. The Morgan fingerprint density at radius 3 is 2.52 bits per heavy atom. The standard InChI is InChI=1S/C16H19N3O2/c1-3-10-21-14-7-5-13(6-8-14)19-16(20)12-4-9-15(17-2)18-11-12/h4-9,11H,3,10H2,1-2H3,(H,17,18)(H,19,20). The third-order valence-corrected chi connectivity index (χ3v) is 2.87. The SMILES string of the molecule is CCCOc1ccc(NC(=O)c2ccc(NC)nc2)cc1. The Labute approximate surface area is 124 Å². The predicted molar refractivity (Wildman–Crippen MR) is 84.0 cm³/mol. The molecule has 2 aromatic rings. The molecule has 0 fully saturated rings. The van der Waals surface area contributed by atoms with Crippen molar-refractivity contribution < 1.29 is 9.53 Å². The normalized spacial score (nSPS) is 10.0. The van der Waals surface area contributed by atoms with Crippen molar-refractivity contribution in [2.45, 2.75) is 13.3 Å². The number of anilines is 2. The Balaban J connectivity index is 1.98. The molecule has 1 aromatic heterocycles.